The number of oxazole rings is 1. The van der Waals surface area contributed by atoms with Crippen molar-refractivity contribution in [3.8, 4) is 17.2 Å². The van der Waals surface area contributed by atoms with E-state index in [1.807, 2.05) is 30.3 Å². The zero-order chi connectivity index (χ0) is 18.8. The Bertz CT molecular complexity index is 953. The van der Waals surface area contributed by atoms with Gasteiger partial charge in [-0.1, -0.05) is 24.3 Å². The molecule has 1 aliphatic carbocycles. The molecule has 1 saturated carbocycles. The van der Waals surface area contributed by atoms with Crippen LogP contribution < -0.4 is 10.1 Å². The summed E-state index contributed by atoms with van der Waals surface area (Å²) in [6, 6.07) is 15.2. The molecule has 5 nitrogen and oxygen atoms in total. The molecule has 0 radical (unpaired) electrons. The van der Waals surface area contributed by atoms with E-state index in [0.717, 1.165) is 18.4 Å². The van der Waals surface area contributed by atoms with Crippen LogP contribution >= 0.6 is 0 Å². The van der Waals surface area contributed by atoms with E-state index in [1.165, 1.54) is 18.2 Å². The fourth-order valence-electron chi connectivity index (χ4n) is 2.76. The normalized spacial score (nSPS) is 13.6. The fourth-order valence-corrected chi connectivity index (χ4v) is 2.76. The zero-order valence-electron chi connectivity index (χ0n) is 14.2. The number of carbonyl (C=O) groups is 1. The first-order chi connectivity index (χ1) is 13.1. The van der Waals surface area contributed by atoms with E-state index >= 15 is 0 Å². The van der Waals surface area contributed by atoms with E-state index in [4.69, 9.17) is 4.42 Å². The molecule has 0 bridgehead atoms. The third-order valence-electron chi connectivity index (χ3n) is 4.15. The summed E-state index contributed by atoms with van der Waals surface area (Å²) in [5.41, 5.74) is 1.34. The van der Waals surface area contributed by atoms with Crippen LogP contribution in [0.25, 0.3) is 11.5 Å². The van der Waals surface area contributed by atoms with Gasteiger partial charge < -0.3 is 14.5 Å². The highest BCUT2D eigenvalue weighted by Gasteiger charge is 2.34. The van der Waals surface area contributed by atoms with Crippen LogP contribution in [0.15, 0.2) is 59.0 Å². The summed E-state index contributed by atoms with van der Waals surface area (Å²) in [6.07, 6.45) is 1.89. The number of nitrogens with one attached hydrogen (secondary N) is 1. The van der Waals surface area contributed by atoms with Crippen LogP contribution in [0.5, 0.6) is 5.75 Å². The second-order valence-electron chi connectivity index (χ2n) is 6.23. The Balaban J connectivity index is 1.59. The number of nitrogens with zero attached hydrogens (tertiary/aromatic N) is 1. The molecule has 1 heterocycles. The van der Waals surface area contributed by atoms with Crippen LogP contribution in [0.3, 0.4) is 0 Å². The Morgan fingerprint density at radius 2 is 1.93 bits per heavy atom. The summed E-state index contributed by atoms with van der Waals surface area (Å²) in [4.78, 5) is 17.1. The number of hydrogen-bond acceptors (Lipinski definition) is 4. The van der Waals surface area contributed by atoms with Gasteiger partial charge in [-0.25, -0.2) is 4.98 Å². The van der Waals surface area contributed by atoms with Crippen molar-refractivity contribution in [1.29, 1.82) is 0 Å². The summed E-state index contributed by atoms with van der Waals surface area (Å²) in [5.74, 6) is 0.653. The number of amides is 1. The SMILES string of the molecule is O=C(Nc1cccc(OC(F)F)c1)c1nc(-c2ccccc2)oc1C1CC1. The minimum Gasteiger partial charge on any atom is -0.440 e. The number of ether oxygens (including phenoxy) is 1. The lowest BCUT2D eigenvalue weighted by molar-refractivity contribution is -0.0497. The van der Waals surface area contributed by atoms with E-state index in [2.05, 4.69) is 15.0 Å². The number of rotatable bonds is 6. The molecule has 0 spiro atoms. The molecule has 1 N–H and O–H groups in total. The summed E-state index contributed by atoms with van der Waals surface area (Å²) in [6.45, 7) is -2.93. The van der Waals surface area contributed by atoms with Crippen LogP contribution in [0.1, 0.15) is 35.0 Å². The van der Waals surface area contributed by atoms with Crippen LogP contribution in [-0.4, -0.2) is 17.5 Å². The van der Waals surface area contributed by atoms with Gasteiger partial charge in [0.15, 0.2) is 5.69 Å². The highest BCUT2D eigenvalue weighted by Crippen LogP contribution is 2.43. The fraction of sp³-hybridized carbons (Fsp3) is 0.200. The van der Waals surface area contributed by atoms with Crippen molar-refractivity contribution in [1.82, 2.24) is 4.98 Å². The Hall–Kier alpha value is -3.22. The summed E-state index contributed by atoms with van der Waals surface area (Å²) in [7, 11) is 0. The molecular formula is C20H16F2N2O3. The molecule has 1 aliphatic rings. The van der Waals surface area contributed by atoms with Gasteiger partial charge in [0.25, 0.3) is 5.91 Å². The molecule has 4 rings (SSSR count). The van der Waals surface area contributed by atoms with Crippen molar-refractivity contribution < 1.29 is 22.7 Å². The molecule has 0 atom stereocenters. The number of alkyl halides is 2. The van der Waals surface area contributed by atoms with Crippen LogP contribution in [0, 0.1) is 0 Å². The lowest BCUT2D eigenvalue weighted by Gasteiger charge is -2.08. The molecule has 0 aliphatic heterocycles. The number of benzene rings is 2. The highest BCUT2D eigenvalue weighted by atomic mass is 19.3. The van der Waals surface area contributed by atoms with E-state index in [9.17, 15) is 13.6 Å². The molecule has 7 heteroatoms. The second kappa shape index (κ2) is 7.19. The smallest absolute Gasteiger partial charge is 0.387 e. The van der Waals surface area contributed by atoms with Crippen molar-refractivity contribution in [3.63, 3.8) is 0 Å². The Morgan fingerprint density at radius 3 is 2.63 bits per heavy atom. The summed E-state index contributed by atoms with van der Waals surface area (Å²) in [5, 5.41) is 2.67. The van der Waals surface area contributed by atoms with Gasteiger partial charge in [-0.05, 0) is 37.1 Å². The number of halogens is 2. The third kappa shape index (κ3) is 3.97. The standard InChI is InChI=1S/C20H16F2N2O3/c21-20(22)26-15-8-4-7-14(11-15)23-18(25)16-17(12-9-10-12)27-19(24-16)13-5-2-1-3-6-13/h1-8,11-12,20H,9-10H2,(H,23,25). The molecule has 1 amide bonds. The van der Waals surface area contributed by atoms with Crippen molar-refractivity contribution in [2.45, 2.75) is 25.4 Å². The van der Waals surface area contributed by atoms with Gasteiger partial charge in [0, 0.05) is 23.2 Å². The number of carbonyl (C=O) groups excluding carboxylic acids is 1. The molecule has 2 aromatic carbocycles. The van der Waals surface area contributed by atoms with Crippen molar-refractivity contribution in [3.05, 3.63) is 66.1 Å². The molecular weight excluding hydrogens is 354 g/mol. The van der Waals surface area contributed by atoms with E-state index in [-0.39, 0.29) is 17.4 Å². The molecule has 3 aromatic rings. The van der Waals surface area contributed by atoms with Gasteiger partial charge in [0.05, 0.1) is 0 Å². The number of hydrogen-bond donors (Lipinski definition) is 1. The summed E-state index contributed by atoms with van der Waals surface area (Å²) >= 11 is 0. The first-order valence-corrected chi connectivity index (χ1v) is 8.52. The Labute approximate surface area is 154 Å². The van der Waals surface area contributed by atoms with E-state index in [1.54, 1.807) is 6.07 Å². The van der Waals surface area contributed by atoms with Crippen molar-refractivity contribution in [2.75, 3.05) is 5.32 Å². The van der Waals surface area contributed by atoms with Gasteiger partial charge in [-0.2, -0.15) is 8.78 Å². The number of anilines is 1. The van der Waals surface area contributed by atoms with Gasteiger partial charge in [-0.15, -0.1) is 0 Å². The average molecular weight is 370 g/mol. The first kappa shape index (κ1) is 17.2. The first-order valence-electron chi connectivity index (χ1n) is 8.52. The van der Waals surface area contributed by atoms with Crippen LogP contribution in [0.4, 0.5) is 14.5 Å². The molecule has 27 heavy (non-hydrogen) atoms. The molecule has 0 unspecified atom stereocenters. The third-order valence-corrected chi connectivity index (χ3v) is 4.15. The number of aromatic nitrogens is 1. The van der Waals surface area contributed by atoms with Gasteiger partial charge >= 0.3 is 6.61 Å². The molecule has 1 aromatic heterocycles. The average Bonchev–Trinajstić information content (AvgIpc) is 3.40. The second-order valence-corrected chi connectivity index (χ2v) is 6.23. The van der Waals surface area contributed by atoms with Gasteiger partial charge in [0.1, 0.15) is 11.5 Å². The van der Waals surface area contributed by atoms with E-state index < -0.39 is 12.5 Å². The molecule has 0 saturated heterocycles. The predicted molar refractivity (Wildman–Crippen MR) is 94.9 cm³/mol. The minimum atomic E-state index is -2.93. The maximum Gasteiger partial charge on any atom is 0.387 e. The maximum absolute atomic E-state index is 12.7. The Morgan fingerprint density at radius 1 is 1.15 bits per heavy atom. The summed E-state index contributed by atoms with van der Waals surface area (Å²) < 4.78 is 34.9. The predicted octanol–water partition coefficient (Wildman–Crippen LogP) is 5.07. The lowest BCUT2D eigenvalue weighted by Crippen LogP contribution is -2.14. The van der Waals surface area contributed by atoms with Crippen molar-refractivity contribution in [2.24, 2.45) is 0 Å². The monoisotopic (exact) mass is 370 g/mol. The molecule has 1 fully saturated rings. The largest absolute Gasteiger partial charge is 0.440 e. The molecule has 138 valence electrons. The minimum absolute atomic E-state index is 0.0321. The van der Waals surface area contributed by atoms with Crippen LogP contribution in [-0.2, 0) is 0 Å². The maximum atomic E-state index is 12.7. The van der Waals surface area contributed by atoms with Crippen LogP contribution in [0.2, 0.25) is 0 Å². The Kier molecular flexibility index (Phi) is 4.58. The quantitative estimate of drug-likeness (QED) is 0.658. The zero-order valence-corrected chi connectivity index (χ0v) is 14.2. The van der Waals surface area contributed by atoms with E-state index in [0.29, 0.717) is 17.3 Å². The topological polar surface area (TPSA) is 64.4 Å². The highest BCUT2D eigenvalue weighted by molar-refractivity contribution is 6.04. The van der Waals surface area contributed by atoms with Gasteiger partial charge in [0.2, 0.25) is 5.89 Å². The van der Waals surface area contributed by atoms with Gasteiger partial charge in [-0.3, -0.25) is 4.79 Å². The lowest BCUT2D eigenvalue weighted by atomic mass is 10.2. The van der Waals surface area contributed by atoms with Crippen molar-refractivity contribution >= 4 is 11.6 Å².